The van der Waals surface area contributed by atoms with Crippen LogP contribution in [0, 0.1) is 6.92 Å². The lowest BCUT2D eigenvalue weighted by molar-refractivity contribution is 0.0875. The van der Waals surface area contributed by atoms with Gasteiger partial charge in [0.15, 0.2) is 0 Å². The zero-order valence-electron chi connectivity index (χ0n) is 12.8. The van der Waals surface area contributed by atoms with E-state index in [1.807, 2.05) is 0 Å². The molecule has 0 saturated carbocycles. The summed E-state index contributed by atoms with van der Waals surface area (Å²) in [5, 5.41) is 6.92. The van der Waals surface area contributed by atoms with Crippen molar-refractivity contribution in [1.82, 2.24) is 9.97 Å². The van der Waals surface area contributed by atoms with Crippen LogP contribution in [0.2, 0.25) is 0 Å². The number of ether oxygens (including phenoxy) is 1. The van der Waals surface area contributed by atoms with Crippen molar-refractivity contribution >= 4 is 11.6 Å². The molecule has 1 atom stereocenters. The second kappa shape index (κ2) is 7.43. The molecule has 0 spiro atoms. The average molecular weight is 278 g/mol. The number of anilines is 2. The van der Waals surface area contributed by atoms with Crippen LogP contribution in [0.4, 0.5) is 11.6 Å². The van der Waals surface area contributed by atoms with Crippen LogP contribution in [0.3, 0.4) is 0 Å². The smallest absolute Gasteiger partial charge is 0.135 e. The van der Waals surface area contributed by atoms with Crippen LogP contribution < -0.4 is 10.6 Å². The molecule has 2 N–H and O–H groups in total. The highest BCUT2D eigenvalue weighted by atomic mass is 16.5. The Hall–Kier alpha value is -1.36. The van der Waals surface area contributed by atoms with E-state index >= 15 is 0 Å². The molecule has 5 heteroatoms. The van der Waals surface area contributed by atoms with Gasteiger partial charge in [-0.25, -0.2) is 9.97 Å². The monoisotopic (exact) mass is 278 g/mol. The van der Waals surface area contributed by atoms with Crippen molar-refractivity contribution in [2.24, 2.45) is 0 Å². The topological polar surface area (TPSA) is 59.1 Å². The molecule has 0 aromatic carbocycles. The SMILES string of the molecule is CCCNc1nc(CC)nc(NC2CCCOC2)c1C. The van der Waals surface area contributed by atoms with Gasteiger partial charge in [-0.1, -0.05) is 13.8 Å². The predicted molar refractivity (Wildman–Crippen MR) is 82.4 cm³/mol. The van der Waals surface area contributed by atoms with E-state index < -0.39 is 0 Å². The maximum Gasteiger partial charge on any atom is 0.135 e. The molecule has 1 aromatic heterocycles. The lowest BCUT2D eigenvalue weighted by atomic mass is 10.1. The van der Waals surface area contributed by atoms with Gasteiger partial charge in [-0.2, -0.15) is 0 Å². The fourth-order valence-corrected chi connectivity index (χ4v) is 2.33. The number of hydrogen-bond donors (Lipinski definition) is 2. The number of nitrogens with zero attached hydrogens (tertiary/aromatic N) is 2. The first kappa shape index (κ1) is 15.0. The fraction of sp³-hybridized carbons (Fsp3) is 0.733. The maximum absolute atomic E-state index is 5.52. The molecule has 20 heavy (non-hydrogen) atoms. The molecule has 2 heterocycles. The van der Waals surface area contributed by atoms with Crippen LogP contribution in [-0.2, 0) is 11.2 Å². The number of rotatable bonds is 6. The second-order valence-corrected chi connectivity index (χ2v) is 5.30. The molecule has 1 fully saturated rings. The van der Waals surface area contributed by atoms with Gasteiger partial charge in [0, 0.05) is 25.1 Å². The number of aromatic nitrogens is 2. The third-order valence-corrected chi connectivity index (χ3v) is 3.55. The quantitative estimate of drug-likeness (QED) is 0.838. The van der Waals surface area contributed by atoms with Crippen LogP contribution in [0.5, 0.6) is 0 Å². The minimum Gasteiger partial charge on any atom is -0.379 e. The molecule has 1 aromatic rings. The van der Waals surface area contributed by atoms with Gasteiger partial charge in [0.1, 0.15) is 17.5 Å². The van der Waals surface area contributed by atoms with Gasteiger partial charge in [0.25, 0.3) is 0 Å². The van der Waals surface area contributed by atoms with E-state index in [4.69, 9.17) is 4.74 Å². The number of nitrogens with one attached hydrogen (secondary N) is 2. The molecule has 1 unspecified atom stereocenters. The predicted octanol–water partition coefficient (Wildman–Crippen LogP) is 2.76. The minimum absolute atomic E-state index is 0.362. The summed E-state index contributed by atoms with van der Waals surface area (Å²) in [5.74, 6) is 2.79. The lowest BCUT2D eigenvalue weighted by Gasteiger charge is -2.25. The molecule has 0 radical (unpaired) electrons. The van der Waals surface area contributed by atoms with Crippen LogP contribution in [0.15, 0.2) is 0 Å². The standard InChI is InChI=1S/C15H26N4O/c1-4-8-16-14-11(3)15(19-13(5-2)18-14)17-12-7-6-9-20-10-12/h12H,4-10H2,1-3H3,(H2,16,17,18,19). The Morgan fingerprint density at radius 2 is 2.05 bits per heavy atom. The fourth-order valence-electron chi connectivity index (χ4n) is 2.33. The summed E-state index contributed by atoms with van der Waals surface area (Å²) in [6, 6.07) is 0.362. The molecule has 0 bridgehead atoms. The first-order chi connectivity index (χ1) is 9.74. The molecule has 0 amide bonds. The zero-order chi connectivity index (χ0) is 14.4. The summed E-state index contributed by atoms with van der Waals surface area (Å²) in [6.45, 7) is 8.90. The maximum atomic E-state index is 5.52. The Bertz CT molecular complexity index is 430. The zero-order valence-corrected chi connectivity index (χ0v) is 12.8. The Labute approximate surface area is 121 Å². The van der Waals surface area contributed by atoms with Gasteiger partial charge in [0.2, 0.25) is 0 Å². The first-order valence-electron chi connectivity index (χ1n) is 7.70. The van der Waals surface area contributed by atoms with Crippen molar-refractivity contribution < 1.29 is 4.74 Å². The third-order valence-electron chi connectivity index (χ3n) is 3.55. The Morgan fingerprint density at radius 1 is 1.25 bits per heavy atom. The first-order valence-corrected chi connectivity index (χ1v) is 7.70. The normalized spacial score (nSPS) is 18.9. The summed E-state index contributed by atoms with van der Waals surface area (Å²) in [7, 11) is 0. The molecule has 1 saturated heterocycles. The highest BCUT2D eigenvalue weighted by molar-refractivity contribution is 5.57. The molecule has 0 aliphatic carbocycles. The van der Waals surface area contributed by atoms with Crippen molar-refractivity contribution in [3.8, 4) is 0 Å². The number of aryl methyl sites for hydroxylation is 1. The lowest BCUT2D eigenvalue weighted by Crippen LogP contribution is -2.31. The van der Waals surface area contributed by atoms with E-state index in [-0.39, 0.29) is 0 Å². The van der Waals surface area contributed by atoms with Gasteiger partial charge in [-0.3, -0.25) is 0 Å². The second-order valence-electron chi connectivity index (χ2n) is 5.30. The van der Waals surface area contributed by atoms with Crippen LogP contribution in [0.1, 0.15) is 44.5 Å². The van der Waals surface area contributed by atoms with Crippen molar-refractivity contribution in [1.29, 1.82) is 0 Å². The van der Waals surface area contributed by atoms with E-state index in [9.17, 15) is 0 Å². The summed E-state index contributed by atoms with van der Waals surface area (Å²) in [6.07, 6.45) is 4.19. The molecule has 5 nitrogen and oxygen atoms in total. The van der Waals surface area contributed by atoms with Crippen LogP contribution in [-0.4, -0.2) is 35.8 Å². The molecule has 112 valence electrons. The summed E-state index contributed by atoms with van der Waals surface area (Å²) >= 11 is 0. The molecular weight excluding hydrogens is 252 g/mol. The van der Waals surface area contributed by atoms with Crippen molar-refractivity contribution in [3.05, 3.63) is 11.4 Å². The molecular formula is C15H26N4O. The molecule has 2 rings (SSSR count). The van der Waals surface area contributed by atoms with Crippen molar-refractivity contribution in [2.75, 3.05) is 30.4 Å². The van der Waals surface area contributed by atoms with Crippen LogP contribution in [0.25, 0.3) is 0 Å². The minimum atomic E-state index is 0.362. The van der Waals surface area contributed by atoms with Gasteiger partial charge >= 0.3 is 0 Å². The Balaban J connectivity index is 2.16. The highest BCUT2D eigenvalue weighted by Gasteiger charge is 2.17. The Morgan fingerprint density at radius 3 is 2.70 bits per heavy atom. The Kier molecular flexibility index (Phi) is 5.59. The van der Waals surface area contributed by atoms with E-state index in [2.05, 4.69) is 41.4 Å². The molecule has 1 aliphatic rings. The van der Waals surface area contributed by atoms with Gasteiger partial charge in [0.05, 0.1) is 12.6 Å². The summed E-state index contributed by atoms with van der Waals surface area (Å²) in [5.41, 5.74) is 1.10. The highest BCUT2D eigenvalue weighted by Crippen LogP contribution is 2.22. The molecule has 1 aliphatic heterocycles. The largest absolute Gasteiger partial charge is 0.379 e. The van der Waals surface area contributed by atoms with E-state index in [1.54, 1.807) is 0 Å². The number of hydrogen-bond acceptors (Lipinski definition) is 5. The van der Waals surface area contributed by atoms with Gasteiger partial charge in [-0.15, -0.1) is 0 Å². The van der Waals surface area contributed by atoms with Gasteiger partial charge < -0.3 is 15.4 Å². The third kappa shape index (κ3) is 3.82. The van der Waals surface area contributed by atoms with Crippen molar-refractivity contribution in [3.63, 3.8) is 0 Å². The van der Waals surface area contributed by atoms with E-state index in [0.29, 0.717) is 6.04 Å². The average Bonchev–Trinajstić information content (AvgIpc) is 2.49. The summed E-state index contributed by atoms with van der Waals surface area (Å²) < 4.78 is 5.52. The van der Waals surface area contributed by atoms with Crippen LogP contribution >= 0.6 is 0 Å². The van der Waals surface area contributed by atoms with E-state index in [0.717, 1.165) is 68.5 Å². The van der Waals surface area contributed by atoms with E-state index in [1.165, 1.54) is 0 Å². The summed E-state index contributed by atoms with van der Waals surface area (Å²) in [4.78, 5) is 9.22. The van der Waals surface area contributed by atoms with Gasteiger partial charge in [-0.05, 0) is 26.2 Å². The van der Waals surface area contributed by atoms with Crippen molar-refractivity contribution in [2.45, 2.75) is 52.5 Å².